The first-order chi connectivity index (χ1) is 18.5. The molecule has 1 aromatic heterocycles. The zero-order valence-electron chi connectivity index (χ0n) is 20.2. The number of carbonyl (C=O) groups excluding carboxylic acids is 3. The summed E-state index contributed by atoms with van der Waals surface area (Å²) in [5, 5.41) is 8.68. The van der Waals surface area contributed by atoms with Crippen molar-refractivity contribution in [1.82, 2.24) is 10.3 Å². The number of carbonyl (C=O) groups is 3. The topological polar surface area (TPSA) is 100 Å². The third-order valence-electron chi connectivity index (χ3n) is 6.19. The summed E-state index contributed by atoms with van der Waals surface area (Å²) in [6, 6.07) is 26.5. The van der Waals surface area contributed by atoms with Crippen LogP contribution in [0.2, 0.25) is 5.02 Å². The standard InChI is InChI=1S/C30H24ClN3O4/c31-25-11-5-3-10-24(25)29(36)34-27(16-21-17-32-26-12-6-4-9-23(21)26)30(37)38-18-28(35)33-22-14-13-19-7-1-2-8-20(19)15-22/h1-15,17,27,32H,16,18H2,(H,33,35)(H,34,36)/t27-/m1/s1. The van der Waals surface area contributed by atoms with E-state index in [1.54, 1.807) is 36.5 Å². The molecule has 0 fully saturated rings. The Bertz CT molecular complexity index is 1650. The van der Waals surface area contributed by atoms with Crippen molar-refractivity contribution in [2.24, 2.45) is 0 Å². The van der Waals surface area contributed by atoms with Crippen LogP contribution in [0.25, 0.3) is 21.7 Å². The molecule has 0 aliphatic heterocycles. The molecule has 0 saturated carbocycles. The highest BCUT2D eigenvalue weighted by atomic mass is 35.5. The molecule has 0 bridgehead atoms. The number of halogens is 1. The van der Waals surface area contributed by atoms with Gasteiger partial charge in [-0.3, -0.25) is 9.59 Å². The Balaban J connectivity index is 1.29. The zero-order valence-corrected chi connectivity index (χ0v) is 21.0. The van der Waals surface area contributed by atoms with Gasteiger partial charge in [0.2, 0.25) is 0 Å². The predicted molar refractivity (Wildman–Crippen MR) is 148 cm³/mol. The van der Waals surface area contributed by atoms with Gasteiger partial charge in [-0.1, -0.05) is 72.3 Å². The third-order valence-corrected chi connectivity index (χ3v) is 6.52. The number of rotatable bonds is 8. The van der Waals surface area contributed by atoms with Gasteiger partial charge in [-0.15, -0.1) is 0 Å². The van der Waals surface area contributed by atoms with Gasteiger partial charge in [0.25, 0.3) is 11.8 Å². The maximum Gasteiger partial charge on any atom is 0.329 e. The second-order valence-electron chi connectivity index (χ2n) is 8.79. The molecule has 0 spiro atoms. The van der Waals surface area contributed by atoms with Crippen molar-refractivity contribution >= 4 is 56.7 Å². The summed E-state index contributed by atoms with van der Waals surface area (Å²) >= 11 is 6.18. The number of amides is 2. The largest absolute Gasteiger partial charge is 0.454 e. The molecule has 0 radical (unpaired) electrons. The lowest BCUT2D eigenvalue weighted by Crippen LogP contribution is -2.44. The summed E-state index contributed by atoms with van der Waals surface area (Å²) in [5.74, 6) is -1.74. The third kappa shape index (κ3) is 5.68. The number of aromatic amines is 1. The fourth-order valence-electron chi connectivity index (χ4n) is 4.30. The van der Waals surface area contributed by atoms with Gasteiger partial charge in [-0.05, 0) is 46.7 Å². The molecular formula is C30H24ClN3O4. The van der Waals surface area contributed by atoms with E-state index in [1.807, 2.05) is 60.7 Å². The molecule has 0 aliphatic rings. The molecule has 8 heteroatoms. The second-order valence-corrected chi connectivity index (χ2v) is 9.19. The smallest absolute Gasteiger partial charge is 0.329 e. The first-order valence-electron chi connectivity index (χ1n) is 12.0. The number of fused-ring (bicyclic) bond motifs is 2. The fraction of sp³-hybridized carbons (Fsp3) is 0.100. The van der Waals surface area contributed by atoms with Gasteiger partial charge in [0.15, 0.2) is 6.61 Å². The Hall–Kier alpha value is -4.62. The number of aromatic nitrogens is 1. The van der Waals surface area contributed by atoms with Crippen LogP contribution >= 0.6 is 11.6 Å². The van der Waals surface area contributed by atoms with Crippen molar-refractivity contribution in [3.8, 4) is 0 Å². The Morgan fingerprint density at radius 1 is 0.868 bits per heavy atom. The minimum absolute atomic E-state index is 0.158. The number of hydrogen-bond donors (Lipinski definition) is 3. The Morgan fingerprint density at radius 3 is 2.45 bits per heavy atom. The summed E-state index contributed by atoms with van der Waals surface area (Å²) in [6.45, 7) is -0.502. The minimum atomic E-state index is -1.05. The summed E-state index contributed by atoms with van der Waals surface area (Å²) < 4.78 is 5.34. The van der Waals surface area contributed by atoms with E-state index in [0.29, 0.717) is 5.69 Å². The summed E-state index contributed by atoms with van der Waals surface area (Å²) in [6.07, 6.45) is 1.95. The van der Waals surface area contributed by atoms with Crippen LogP contribution in [0.3, 0.4) is 0 Å². The lowest BCUT2D eigenvalue weighted by molar-refractivity contribution is -0.149. The van der Waals surface area contributed by atoms with Crippen molar-refractivity contribution in [3.05, 3.63) is 113 Å². The molecule has 2 amide bonds. The number of H-pyrrole nitrogens is 1. The number of esters is 1. The van der Waals surface area contributed by atoms with Crippen LogP contribution in [-0.4, -0.2) is 35.4 Å². The van der Waals surface area contributed by atoms with E-state index in [2.05, 4.69) is 15.6 Å². The predicted octanol–water partition coefficient (Wildman–Crippen LogP) is 5.50. The van der Waals surface area contributed by atoms with E-state index in [-0.39, 0.29) is 17.0 Å². The fourth-order valence-corrected chi connectivity index (χ4v) is 4.52. The average molecular weight is 526 g/mol. The zero-order chi connectivity index (χ0) is 26.5. The maximum atomic E-state index is 13.1. The highest BCUT2D eigenvalue weighted by Crippen LogP contribution is 2.21. The average Bonchev–Trinajstić information content (AvgIpc) is 3.34. The lowest BCUT2D eigenvalue weighted by Gasteiger charge is -2.18. The maximum absolute atomic E-state index is 13.1. The molecule has 7 nitrogen and oxygen atoms in total. The number of ether oxygens (including phenoxy) is 1. The van der Waals surface area contributed by atoms with Crippen LogP contribution in [0.15, 0.2) is 97.2 Å². The molecule has 38 heavy (non-hydrogen) atoms. The van der Waals surface area contributed by atoms with Crippen LogP contribution in [-0.2, 0) is 20.7 Å². The molecule has 0 aliphatic carbocycles. The number of hydrogen-bond acceptors (Lipinski definition) is 4. The van der Waals surface area contributed by atoms with Gasteiger partial charge < -0.3 is 20.4 Å². The van der Waals surface area contributed by atoms with Crippen LogP contribution in [0.4, 0.5) is 5.69 Å². The highest BCUT2D eigenvalue weighted by molar-refractivity contribution is 6.33. The van der Waals surface area contributed by atoms with E-state index >= 15 is 0 Å². The number of para-hydroxylation sites is 1. The van der Waals surface area contributed by atoms with Gasteiger partial charge in [-0.25, -0.2) is 4.79 Å². The first kappa shape index (κ1) is 25.0. The van der Waals surface area contributed by atoms with Crippen molar-refractivity contribution in [1.29, 1.82) is 0 Å². The first-order valence-corrected chi connectivity index (χ1v) is 12.4. The lowest BCUT2D eigenvalue weighted by atomic mass is 10.0. The summed E-state index contributed by atoms with van der Waals surface area (Å²) in [5.41, 5.74) is 2.55. The van der Waals surface area contributed by atoms with Gasteiger partial charge in [-0.2, -0.15) is 0 Å². The van der Waals surface area contributed by atoms with E-state index in [0.717, 1.165) is 27.2 Å². The summed E-state index contributed by atoms with van der Waals surface area (Å²) in [7, 11) is 0. The van der Waals surface area contributed by atoms with Crippen molar-refractivity contribution < 1.29 is 19.1 Å². The quantitative estimate of drug-likeness (QED) is 0.233. The van der Waals surface area contributed by atoms with Gasteiger partial charge >= 0.3 is 5.97 Å². The molecule has 5 rings (SSSR count). The molecule has 5 aromatic rings. The molecule has 3 N–H and O–H groups in total. The normalized spacial score (nSPS) is 11.7. The van der Waals surface area contributed by atoms with Crippen LogP contribution in [0.1, 0.15) is 15.9 Å². The SMILES string of the molecule is O=C(COC(=O)[C@@H](Cc1c[nH]c2ccccc12)NC(=O)c1ccccc1Cl)Nc1ccc2ccccc2c1. The van der Waals surface area contributed by atoms with Crippen molar-refractivity contribution in [3.63, 3.8) is 0 Å². The molecule has 0 saturated heterocycles. The van der Waals surface area contributed by atoms with Crippen LogP contribution < -0.4 is 10.6 Å². The molecule has 1 heterocycles. The van der Waals surface area contributed by atoms with Crippen LogP contribution in [0.5, 0.6) is 0 Å². The monoisotopic (exact) mass is 525 g/mol. The minimum Gasteiger partial charge on any atom is -0.454 e. The van der Waals surface area contributed by atoms with Gasteiger partial charge in [0.05, 0.1) is 10.6 Å². The van der Waals surface area contributed by atoms with E-state index in [4.69, 9.17) is 16.3 Å². The van der Waals surface area contributed by atoms with E-state index < -0.39 is 30.4 Å². The molecule has 4 aromatic carbocycles. The molecular weight excluding hydrogens is 502 g/mol. The molecule has 190 valence electrons. The highest BCUT2D eigenvalue weighted by Gasteiger charge is 2.26. The second kappa shape index (κ2) is 11.2. The van der Waals surface area contributed by atoms with Gasteiger partial charge in [0, 0.05) is 29.2 Å². The number of benzene rings is 4. The Labute approximate surface area is 223 Å². The van der Waals surface area contributed by atoms with Crippen molar-refractivity contribution in [2.45, 2.75) is 12.5 Å². The van der Waals surface area contributed by atoms with Gasteiger partial charge in [0.1, 0.15) is 6.04 Å². The van der Waals surface area contributed by atoms with Crippen LogP contribution in [0, 0.1) is 0 Å². The molecule has 1 atom stereocenters. The Morgan fingerprint density at radius 2 is 1.61 bits per heavy atom. The number of nitrogens with one attached hydrogen (secondary N) is 3. The van der Waals surface area contributed by atoms with E-state index in [9.17, 15) is 14.4 Å². The Kier molecular flexibility index (Phi) is 7.38. The summed E-state index contributed by atoms with van der Waals surface area (Å²) in [4.78, 5) is 41.8. The number of anilines is 1. The van der Waals surface area contributed by atoms with E-state index in [1.165, 1.54) is 0 Å². The van der Waals surface area contributed by atoms with Crippen molar-refractivity contribution in [2.75, 3.05) is 11.9 Å². The molecule has 0 unspecified atom stereocenters.